The highest BCUT2D eigenvalue weighted by atomic mass is 16.7. The number of likely N-dealkylation sites (N-methyl/N-ethyl adjacent to an activating group) is 1. The number of hydrogen-bond acceptors (Lipinski definition) is 12. The summed E-state index contributed by atoms with van der Waals surface area (Å²) in [7, 11) is 5.20. The van der Waals surface area contributed by atoms with E-state index in [4.69, 9.17) is 18.9 Å². The van der Waals surface area contributed by atoms with Crippen molar-refractivity contribution in [2.24, 2.45) is 23.7 Å². The number of carbonyl (C=O) groups excluding carboxylic acids is 2. The maximum atomic E-state index is 14.1. The number of aliphatic hydroxyl groups is 4. The Hall–Kier alpha value is -1.48. The van der Waals surface area contributed by atoms with E-state index in [2.05, 4.69) is 11.9 Å². The van der Waals surface area contributed by atoms with Gasteiger partial charge in [0.25, 0.3) is 0 Å². The quantitative estimate of drug-likeness (QED) is 0.0994. The molecule has 5 N–H and O–H groups in total. The minimum atomic E-state index is -1.86. The molecule has 0 aromatic carbocycles. The molecular formula is C35H64N2O10. The van der Waals surface area contributed by atoms with E-state index >= 15 is 0 Å². The SMILES string of the molecule is C=CCNCC[C@H]1C(C)(O)C(O)[C@H](C)C[C@@](C)(OC)[C@H](O[C@@H]2O[C@H](C)C[C@H](N(C)C)[C@H]2O)[C@H](C)C(=O)C(C)C(=O)O[C@H](CC)[C@@]1(C)O. The predicted molar refractivity (Wildman–Crippen MR) is 178 cm³/mol. The second kappa shape index (κ2) is 17.0. The van der Waals surface area contributed by atoms with E-state index in [9.17, 15) is 30.0 Å². The van der Waals surface area contributed by atoms with Gasteiger partial charge in [-0.1, -0.05) is 26.8 Å². The molecule has 2 aliphatic heterocycles. The van der Waals surface area contributed by atoms with Crippen molar-refractivity contribution in [3.05, 3.63) is 12.7 Å². The summed E-state index contributed by atoms with van der Waals surface area (Å²) in [6.45, 7) is 17.8. The Labute approximate surface area is 282 Å². The molecule has 0 amide bonds. The number of esters is 1. The average Bonchev–Trinajstić information content (AvgIpc) is 3.00. The number of Topliss-reactive ketones (excluding diaryl/α,β-unsaturated/α-hetero) is 1. The highest BCUT2D eigenvalue weighted by molar-refractivity contribution is 6.00. The van der Waals surface area contributed by atoms with E-state index in [1.807, 2.05) is 25.9 Å². The number of nitrogens with one attached hydrogen (secondary N) is 1. The lowest BCUT2D eigenvalue weighted by atomic mass is 9.66. The molecule has 0 saturated carbocycles. The highest BCUT2D eigenvalue weighted by Gasteiger charge is 2.56. The van der Waals surface area contributed by atoms with Crippen molar-refractivity contribution in [2.75, 3.05) is 34.3 Å². The molecule has 12 heteroatoms. The van der Waals surface area contributed by atoms with Crippen LogP contribution in [0.4, 0.5) is 0 Å². The standard InChI is InChI=1S/C35H64N2O10/c1-13-16-36-17-15-25-34(8,42)26(14-2)46-31(41)23(6)27(38)22(5)30(33(7,44-12)19-20(3)29(40)35(25,9)43)47-32-28(39)24(37(10)11)18-21(4)45-32/h13,20-26,28-30,32,36,39-40,42-43H,1,14-19H2,2-12H3/t20-,21-,22-,23?,24+,25-,26-,28-,29?,30-,32+,33-,34+,35?/m1/s1. The molecule has 0 aromatic heterocycles. The molecule has 2 aliphatic rings. The second-order valence-electron chi connectivity index (χ2n) is 14.8. The summed E-state index contributed by atoms with van der Waals surface area (Å²) in [4.78, 5) is 29.5. The summed E-state index contributed by atoms with van der Waals surface area (Å²) in [5, 5.41) is 50.5. The summed E-state index contributed by atoms with van der Waals surface area (Å²) in [5.41, 5.74) is -4.92. The van der Waals surface area contributed by atoms with Gasteiger partial charge in [0, 0.05) is 31.5 Å². The number of aliphatic hydroxyl groups excluding tert-OH is 2. The monoisotopic (exact) mass is 672 g/mol. The first-order valence-electron chi connectivity index (χ1n) is 17.1. The third-order valence-electron chi connectivity index (χ3n) is 10.8. The van der Waals surface area contributed by atoms with Crippen molar-refractivity contribution in [1.82, 2.24) is 10.2 Å². The number of ketones is 1. The van der Waals surface area contributed by atoms with Gasteiger partial charge in [0.15, 0.2) is 12.1 Å². The summed E-state index contributed by atoms with van der Waals surface area (Å²) in [5.74, 6) is -5.08. The van der Waals surface area contributed by atoms with Gasteiger partial charge in [0.05, 0.1) is 29.5 Å². The number of cyclic esters (lactones) is 1. The first-order chi connectivity index (χ1) is 21.7. The molecule has 0 aromatic rings. The van der Waals surface area contributed by atoms with Gasteiger partial charge < -0.3 is 49.6 Å². The first kappa shape index (κ1) is 41.7. The van der Waals surface area contributed by atoms with E-state index in [0.717, 1.165) is 0 Å². The van der Waals surface area contributed by atoms with Crippen LogP contribution >= 0.6 is 0 Å². The van der Waals surface area contributed by atoms with Crippen molar-refractivity contribution in [3.63, 3.8) is 0 Å². The zero-order chi connectivity index (χ0) is 36.1. The lowest BCUT2D eigenvalue weighted by molar-refractivity contribution is -0.297. The Balaban J connectivity index is 2.69. The predicted octanol–water partition coefficient (Wildman–Crippen LogP) is 2.05. The Morgan fingerprint density at radius 2 is 1.70 bits per heavy atom. The molecule has 0 spiro atoms. The van der Waals surface area contributed by atoms with Crippen LogP contribution in [0.2, 0.25) is 0 Å². The van der Waals surface area contributed by atoms with Crippen molar-refractivity contribution >= 4 is 11.8 Å². The highest BCUT2D eigenvalue weighted by Crippen LogP contribution is 2.43. The molecule has 0 bridgehead atoms. The molecular weight excluding hydrogens is 608 g/mol. The molecule has 274 valence electrons. The van der Waals surface area contributed by atoms with Gasteiger partial charge >= 0.3 is 5.97 Å². The van der Waals surface area contributed by atoms with E-state index in [0.29, 0.717) is 19.5 Å². The maximum Gasteiger partial charge on any atom is 0.316 e. The fourth-order valence-electron chi connectivity index (χ4n) is 7.81. The number of carbonyl (C=O) groups is 2. The molecule has 12 nitrogen and oxygen atoms in total. The molecule has 47 heavy (non-hydrogen) atoms. The minimum Gasteiger partial charge on any atom is -0.459 e. The van der Waals surface area contributed by atoms with Gasteiger partial charge in [-0.2, -0.15) is 0 Å². The third kappa shape index (κ3) is 9.40. The molecule has 14 atom stereocenters. The van der Waals surface area contributed by atoms with E-state index in [1.54, 1.807) is 33.8 Å². The van der Waals surface area contributed by atoms with Crippen LogP contribution in [0.5, 0.6) is 0 Å². The van der Waals surface area contributed by atoms with Crippen LogP contribution in [0.25, 0.3) is 0 Å². The van der Waals surface area contributed by atoms with Crippen molar-refractivity contribution in [2.45, 2.75) is 141 Å². The van der Waals surface area contributed by atoms with Gasteiger partial charge in [0.2, 0.25) is 0 Å². The first-order valence-corrected chi connectivity index (χ1v) is 17.1. The Morgan fingerprint density at radius 3 is 2.23 bits per heavy atom. The second-order valence-corrected chi connectivity index (χ2v) is 14.8. The summed E-state index contributed by atoms with van der Waals surface area (Å²) >= 11 is 0. The van der Waals surface area contributed by atoms with E-state index in [1.165, 1.54) is 27.9 Å². The number of ether oxygens (including phenoxy) is 4. The summed E-state index contributed by atoms with van der Waals surface area (Å²) in [6, 6.07) is -0.275. The average molecular weight is 673 g/mol. The van der Waals surface area contributed by atoms with E-state index in [-0.39, 0.29) is 31.4 Å². The van der Waals surface area contributed by atoms with Crippen molar-refractivity contribution in [1.29, 1.82) is 0 Å². The van der Waals surface area contributed by atoms with E-state index < -0.39 is 82.9 Å². The lowest BCUT2D eigenvalue weighted by Crippen LogP contribution is -2.63. The molecule has 0 aliphatic carbocycles. The van der Waals surface area contributed by atoms with Crippen molar-refractivity contribution < 1.29 is 49.0 Å². The van der Waals surface area contributed by atoms with Gasteiger partial charge in [-0.15, -0.1) is 6.58 Å². The third-order valence-corrected chi connectivity index (χ3v) is 10.8. The Morgan fingerprint density at radius 1 is 1.09 bits per heavy atom. The molecule has 2 fully saturated rings. The molecule has 2 heterocycles. The number of methoxy groups -OCH3 is 1. The Bertz CT molecular complexity index is 1040. The van der Waals surface area contributed by atoms with Crippen LogP contribution in [0.15, 0.2) is 12.7 Å². The fourth-order valence-corrected chi connectivity index (χ4v) is 7.81. The zero-order valence-electron chi connectivity index (χ0n) is 30.6. The smallest absolute Gasteiger partial charge is 0.316 e. The van der Waals surface area contributed by atoms with Gasteiger partial charge in [-0.05, 0) is 86.9 Å². The summed E-state index contributed by atoms with van der Waals surface area (Å²) in [6.07, 6.45) is -3.14. The lowest BCUT2D eigenvalue weighted by Gasteiger charge is -2.50. The van der Waals surface area contributed by atoms with Gasteiger partial charge in [-0.25, -0.2) is 0 Å². The Kier molecular flexibility index (Phi) is 15.0. The molecule has 2 rings (SSSR count). The molecule has 2 saturated heterocycles. The topological polar surface area (TPSA) is 167 Å². The molecule has 3 unspecified atom stereocenters. The summed E-state index contributed by atoms with van der Waals surface area (Å²) < 4.78 is 24.6. The van der Waals surface area contributed by atoms with Crippen LogP contribution in [0, 0.1) is 23.7 Å². The molecule has 0 radical (unpaired) electrons. The normalized spacial score (nSPS) is 44.6. The van der Waals surface area contributed by atoms with Gasteiger partial charge in [-0.3, -0.25) is 9.59 Å². The fraction of sp³-hybridized carbons (Fsp3) is 0.886. The number of rotatable bonds is 10. The van der Waals surface area contributed by atoms with Crippen LogP contribution in [-0.2, 0) is 28.5 Å². The maximum absolute atomic E-state index is 14.1. The van der Waals surface area contributed by atoms with Crippen LogP contribution in [-0.4, -0.2) is 131 Å². The van der Waals surface area contributed by atoms with Crippen LogP contribution in [0.1, 0.15) is 81.1 Å². The van der Waals surface area contributed by atoms with Crippen LogP contribution in [0.3, 0.4) is 0 Å². The number of nitrogens with zero attached hydrogens (tertiary/aromatic N) is 1. The minimum absolute atomic E-state index is 0.109. The van der Waals surface area contributed by atoms with Crippen LogP contribution < -0.4 is 5.32 Å². The largest absolute Gasteiger partial charge is 0.459 e. The van der Waals surface area contributed by atoms with Gasteiger partial charge in [0.1, 0.15) is 23.7 Å². The number of hydrogen-bond donors (Lipinski definition) is 5. The van der Waals surface area contributed by atoms with Crippen molar-refractivity contribution in [3.8, 4) is 0 Å². The zero-order valence-corrected chi connectivity index (χ0v) is 30.6.